The van der Waals surface area contributed by atoms with Crippen LogP contribution in [0.4, 0.5) is 5.69 Å². The van der Waals surface area contributed by atoms with Crippen LogP contribution >= 0.6 is 23.2 Å². The fourth-order valence-electron chi connectivity index (χ4n) is 3.52. The second-order valence-electron chi connectivity index (χ2n) is 6.05. The molecule has 1 saturated carbocycles. The predicted octanol–water partition coefficient (Wildman–Crippen LogP) is 5.29. The smallest absolute Gasteiger partial charge is 0.0702 e. The molecule has 1 spiro atoms. The maximum atomic E-state index is 6.25. The molecule has 0 bridgehead atoms. The maximum absolute atomic E-state index is 6.25. The van der Waals surface area contributed by atoms with Crippen molar-refractivity contribution in [3.63, 3.8) is 0 Å². The van der Waals surface area contributed by atoms with Crippen LogP contribution in [0.1, 0.15) is 44.9 Å². The minimum atomic E-state index is 0.118. The van der Waals surface area contributed by atoms with Gasteiger partial charge in [0.25, 0.3) is 0 Å². The molecule has 3 rings (SSSR count). The number of anilines is 1. The van der Waals surface area contributed by atoms with Crippen molar-refractivity contribution in [1.29, 1.82) is 0 Å². The summed E-state index contributed by atoms with van der Waals surface area (Å²) in [6.45, 7) is 0.850. The number of hydrogen-bond donors (Lipinski definition) is 1. The SMILES string of the molecule is Clc1ccc(NC2CCOC3(CCCCC3)C2)c(Cl)c1. The van der Waals surface area contributed by atoms with Gasteiger partial charge < -0.3 is 10.1 Å². The summed E-state index contributed by atoms with van der Waals surface area (Å²) < 4.78 is 6.13. The Balaban J connectivity index is 1.68. The van der Waals surface area contributed by atoms with Gasteiger partial charge in [0, 0.05) is 17.7 Å². The summed E-state index contributed by atoms with van der Waals surface area (Å²) in [5.41, 5.74) is 1.10. The summed E-state index contributed by atoms with van der Waals surface area (Å²) in [6, 6.07) is 6.08. The third-order valence-corrected chi connectivity index (χ3v) is 5.10. The Labute approximate surface area is 130 Å². The molecule has 20 heavy (non-hydrogen) atoms. The summed E-state index contributed by atoms with van der Waals surface area (Å²) in [7, 11) is 0. The molecule has 2 nitrogen and oxygen atoms in total. The lowest BCUT2D eigenvalue weighted by Crippen LogP contribution is -2.45. The van der Waals surface area contributed by atoms with Crippen molar-refractivity contribution in [3.8, 4) is 0 Å². The zero-order valence-electron chi connectivity index (χ0n) is 11.6. The number of rotatable bonds is 2. The van der Waals surface area contributed by atoms with Crippen molar-refractivity contribution in [3.05, 3.63) is 28.2 Å². The molecular formula is C16H21Cl2NO. The number of benzene rings is 1. The number of halogens is 2. The molecule has 110 valence electrons. The Morgan fingerprint density at radius 2 is 1.95 bits per heavy atom. The van der Waals surface area contributed by atoms with Gasteiger partial charge in [-0.1, -0.05) is 42.5 Å². The monoisotopic (exact) mass is 313 g/mol. The van der Waals surface area contributed by atoms with E-state index in [0.717, 1.165) is 25.1 Å². The normalized spacial score (nSPS) is 25.6. The van der Waals surface area contributed by atoms with Crippen LogP contribution in [0.25, 0.3) is 0 Å². The Morgan fingerprint density at radius 3 is 2.70 bits per heavy atom. The average Bonchev–Trinajstić information content (AvgIpc) is 2.43. The molecule has 1 aromatic rings. The van der Waals surface area contributed by atoms with E-state index in [2.05, 4.69) is 5.32 Å². The van der Waals surface area contributed by atoms with E-state index in [4.69, 9.17) is 27.9 Å². The van der Waals surface area contributed by atoms with Gasteiger partial charge in [-0.3, -0.25) is 0 Å². The van der Waals surface area contributed by atoms with Gasteiger partial charge in [-0.15, -0.1) is 0 Å². The average molecular weight is 314 g/mol. The number of nitrogens with one attached hydrogen (secondary N) is 1. The van der Waals surface area contributed by atoms with E-state index in [1.54, 1.807) is 6.07 Å². The van der Waals surface area contributed by atoms with Gasteiger partial charge in [0.05, 0.1) is 16.3 Å². The molecule has 1 saturated heterocycles. The highest BCUT2D eigenvalue weighted by molar-refractivity contribution is 6.36. The van der Waals surface area contributed by atoms with Crippen molar-refractivity contribution < 1.29 is 4.74 Å². The molecule has 0 amide bonds. The molecule has 0 radical (unpaired) electrons. The predicted molar refractivity (Wildman–Crippen MR) is 84.9 cm³/mol. The zero-order chi connectivity index (χ0) is 14.0. The first-order valence-electron chi connectivity index (χ1n) is 7.52. The largest absolute Gasteiger partial charge is 0.381 e. The van der Waals surface area contributed by atoms with E-state index >= 15 is 0 Å². The van der Waals surface area contributed by atoms with E-state index in [1.807, 2.05) is 12.1 Å². The molecule has 1 atom stereocenters. The van der Waals surface area contributed by atoms with Crippen LogP contribution < -0.4 is 5.32 Å². The van der Waals surface area contributed by atoms with Gasteiger partial charge in [0.15, 0.2) is 0 Å². The van der Waals surface area contributed by atoms with Gasteiger partial charge in [-0.05, 0) is 43.9 Å². The van der Waals surface area contributed by atoms with Gasteiger partial charge in [-0.2, -0.15) is 0 Å². The molecular weight excluding hydrogens is 293 g/mol. The molecule has 1 unspecified atom stereocenters. The van der Waals surface area contributed by atoms with Gasteiger partial charge in [0.2, 0.25) is 0 Å². The minimum absolute atomic E-state index is 0.118. The summed E-state index contributed by atoms with van der Waals surface area (Å²) in [4.78, 5) is 0. The lowest BCUT2D eigenvalue weighted by atomic mass is 9.78. The first-order chi connectivity index (χ1) is 9.67. The Bertz CT molecular complexity index is 466. The van der Waals surface area contributed by atoms with Gasteiger partial charge >= 0.3 is 0 Å². The fraction of sp³-hybridized carbons (Fsp3) is 0.625. The molecule has 0 aromatic heterocycles. The van der Waals surface area contributed by atoms with Gasteiger partial charge in [-0.25, -0.2) is 0 Å². The summed E-state index contributed by atoms with van der Waals surface area (Å²) in [5, 5.41) is 4.95. The van der Waals surface area contributed by atoms with E-state index in [0.29, 0.717) is 16.1 Å². The molecule has 1 aliphatic carbocycles. The zero-order valence-corrected chi connectivity index (χ0v) is 13.1. The van der Waals surface area contributed by atoms with Crippen molar-refractivity contribution in [2.75, 3.05) is 11.9 Å². The van der Waals surface area contributed by atoms with Crippen LogP contribution in [0.2, 0.25) is 10.0 Å². The van der Waals surface area contributed by atoms with E-state index < -0.39 is 0 Å². The van der Waals surface area contributed by atoms with E-state index in [-0.39, 0.29) is 5.60 Å². The van der Waals surface area contributed by atoms with Crippen LogP contribution in [0.3, 0.4) is 0 Å². The topological polar surface area (TPSA) is 21.3 Å². The molecule has 2 aliphatic rings. The van der Waals surface area contributed by atoms with Crippen LogP contribution in [-0.4, -0.2) is 18.2 Å². The van der Waals surface area contributed by atoms with Crippen LogP contribution in [0.5, 0.6) is 0 Å². The molecule has 1 N–H and O–H groups in total. The fourth-order valence-corrected chi connectivity index (χ4v) is 3.99. The van der Waals surface area contributed by atoms with Crippen molar-refractivity contribution >= 4 is 28.9 Å². The first-order valence-corrected chi connectivity index (χ1v) is 8.28. The quantitative estimate of drug-likeness (QED) is 0.801. The Hall–Kier alpha value is -0.440. The maximum Gasteiger partial charge on any atom is 0.0702 e. The molecule has 1 aliphatic heterocycles. The standard InChI is InChI=1S/C16H21Cl2NO/c17-12-4-5-15(14(18)10-12)19-13-6-9-20-16(11-13)7-2-1-3-8-16/h4-5,10,13,19H,1-3,6-9,11H2. The van der Waals surface area contributed by atoms with Crippen molar-refractivity contribution in [2.24, 2.45) is 0 Å². The third-order valence-electron chi connectivity index (χ3n) is 4.55. The summed E-state index contributed by atoms with van der Waals surface area (Å²) in [5.74, 6) is 0. The van der Waals surface area contributed by atoms with Gasteiger partial charge in [0.1, 0.15) is 0 Å². The van der Waals surface area contributed by atoms with E-state index in [1.165, 1.54) is 32.1 Å². The summed E-state index contributed by atoms with van der Waals surface area (Å²) >= 11 is 12.2. The first kappa shape index (κ1) is 14.5. The minimum Gasteiger partial charge on any atom is -0.381 e. The molecule has 4 heteroatoms. The third kappa shape index (κ3) is 3.24. The number of ether oxygens (including phenoxy) is 1. The Morgan fingerprint density at radius 1 is 1.15 bits per heavy atom. The van der Waals surface area contributed by atoms with Crippen LogP contribution in [-0.2, 0) is 4.74 Å². The lowest BCUT2D eigenvalue weighted by Gasteiger charge is -2.44. The van der Waals surface area contributed by atoms with Crippen molar-refractivity contribution in [2.45, 2.75) is 56.6 Å². The highest BCUT2D eigenvalue weighted by Gasteiger charge is 2.38. The molecule has 1 heterocycles. The number of hydrogen-bond acceptors (Lipinski definition) is 2. The highest BCUT2D eigenvalue weighted by Crippen LogP contribution is 2.39. The highest BCUT2D eigenvalue weighted by atomic mass is 35.5. The Kier molecular flexibility index (Phi) is 4.44. The second-order valence-corrected chi connectivity index (χ2v) is 6.89. The second kappa shape index (κ2) is 6.13. The van der Waals surface area contributed by atoms with E-state index in [9.17, 15) is 0 Å². The molecule has 2 fully saturated rings. The summed E-state index contributed by atoms with van der Waals surface area (Å²) in [6.07, 6.45) is 8.50. The van der Waals surface area contributed by atoms with Crippen LogP contribution in [0, 0.1) is 0 Å². The lowest BCUT2D eigenvalue weighted by molar-refractivity contribution is -0.103. The van der Waals surface area contributed by atoms with Crippen molar-refractivity contribution in [1.82, 2.24) is 0 Å². The van der Waals surface area contributed by atoms with Crippen LogP contribution in [0.15, 0.2) is 18.2 Å². The molecule has 1 aromatic carbocycles.